The van der Waals surface area contributed by atoms with Gasteiger partial charge in [-0.3, -0.25) is 0 Å². The summed E-state index contributed by atoms with van der Waals surface area (Å²) in [5.74, 6) is 0. The number of nitrogens with one attached hydrogen (secondary N) is 1. The largest absolute Gasteiger partial charge is 0.371 e. The van der Waals surface area contributed by atoms with Crippen molar-refractivity contribution in [1.29, 1.82) is 0 Å². The zero-order valence-electron chi connectivity index (χ0n) is 7.11. The molecule has 2 nitrogen and oxygen atoms in total. The fourth-order valence-electron chi connectivity index (χ4n) is 1.45. The quantitative estimate of drug-likeness (QED) is 0.626. The second kappa shape index (κ2) is 2.89. The van der Waals surface area contributed by atoms with E-state index in [0.717, 1.165) is 6.54 Å². The van der Waals surface area contributed by atoms with E-state index in [1.807, 2.05) is 7.05 Å². The summed E-state index contributed by atoms with van der Waals surface area (Å²) >= 11 is 0. The van der Waals surface area contributed by atoms with Crippen LogP contribution in [0.3, 0.4) is 0 Å². The van der Waals surface area contributed by atoms with Gasteiger partial charge >= 0.3 is 0 Å². The molecule has 1 N–H and O–H groups in total. The van der Waals surface area contributed by atoms with Gasteiger partial charge in [-0.2, -0.15) is 0 Å². The molecule has 1 fully saturated rings. The Labute approximate surface area is 63.0 Å². The van der Waals surface area contributed by atoms with E-state index in [1.54, 1.807) is 0 Å². The smallest absolute Gasteiger partial charge is 0.0707 e. The molecule has 1 aliphatic heterocycles. The van der Waals surface area contributed by atoms with Crippen LogP contribution >= 0.6 is 0 Å². The summed E-state index contributed by atoms with van der Waals surface area (Å²) in [5.41, 5.74) is 0.127. The zero-order valence-corrected chi connectivity index (χ0v) is 7.11. The molecule has 1 saturated heterocycles. The van der Waals surface area contributed by atoms with E-state index in [1.165, 1.54) is 12.8 Å². The molecule has 0 amide bonds. The molecule has 0 aromatic rings. The summed E-state index contributed by atoms with van der Waals surface area (Å²) < 4.78 is 5.73. The van der Waals surface area contributed by atoms with E-state index in [2.05, 4.69) is 19.2 Å². The Balaban J connectivity index is 2.29. The molecule has 1 atom stereocenters. The molecule has 2 heteroatoms. The fraction of sp³-hybridized carbons (Fsp3) is 1.00. The molecule has 0 saturated carbocycles. The Morgan fingerprint density at radius 3 is 2.70 bits per heavy atom. The summed E-state index contributed by atoms with van der Waals surface area (Å²) in [7, 11) is 1.97. The molecule has 0 unspecified atom stereocenters. The first-order chi connectivity index (χ1) is 4.64. The molecule has 0 aliphatic carbocycles. The first-order valence-corrected chi connectivity index (χ1v) is 3.96. The molecule has 1 heterocycles. The van der Waals surface area contributed by atoms with E-state index in [0.29, 0.717) is 6.10 Å². The Morgan fingerprint density at radius 2 is 2.30 bits per heavy atom. The lowest BCUT2D eigenvalue weighted by Crippen LogP contribution is -2.27. The van der Waals surface area contributed by atoms with Crippen LogP contribution in [0, 0.1) is 0 Å². The van der Waals surface area contributed by atoms with Crippen LogP contribution in [0.4, 0.5) is 0 Å². The maximum absolute atomic E-state index is 5.73. The third-order valence-electron chi connectivity index (χ3n) is 1.99. The van der Waals surface area contributed by atoms with Crippen molar-refractivity contribution in [3.8, 4) is 0 Å². The van der Waals surface area contributed by atoms with Crippen LogP contribution in [0.5, 0.6) is 0 Å². The van der Waals surface area contributed by atoms with Gasteiger partial charge in [-0.1, -0.05) is 0 Å². The predicted molar refractivity (Wildman–Crippen MR) is 42.1 cm³/mol. The van der Waals surface area contributed by atoms with Gasteiger partial charge in [0.2, 0.25) is 0 Å². The molecule has 0 bridgehead atoms. The predicted octanol–water partition coefficient (Wildman–Crippen LogP) is 1.16. The summed E-state index contributed by atoms with van der Waals surface area (Å²) in [5, 5.41) is 3.12. The van der Waals surface area contributed by atoms with Crippen molar-refractivity contribution in [2.75, 3.05) is 13.6 Å². The molecule has 0 radical (unpaired) electrons. The highest BCUT2D eigenvalue weighted by atomic mass is 16.5. The zero-order chi connectivity index (χ0) is 7.61. The van der Waals surface area contributed by atoms with Gasteiger partial charge in [0.15, 0.2) is 0 Å². The molecule has 1 rings (SSSR count). The van der Waals surface area contributed by atoms with E-state index in [9.17, 15) is 0 Å². The molecular weight excluding hydrogens is 126 g/mol. The molecule has 1 aliphatic rings. The second-order valence-corrected chi connectivity index (χ2v) is 3.60. The number of hydrogen-bond acceptors (Lipinski definition) is 2. The van der Waals surface area contributed by atoms with Gasteiger partial charge in [-0.05, 0) is 33.7 Å². The highest BCUT2D eigenvalue weighted by Gasteiger charge is 2.30. The van der Waals surface area contributed by atoms with E-state index < -0.39 is 0 Å². The van der Waals surface area contributed by atoms with E-state index >= 15 is 0 Å². The van der Waals surface area contributed by atoms with Crippen LogP contribution in [0.1, 0.15) is 26.7 Å². The molecule has 0 aromatic carbocycles. The SMILES string of the molecule is CNC[C@H]1CCC(C)(C)O1. The Morgan fingerprint density at radius 1 is 1.60 bits per heavy atom. The summed E-state index contributed by atoms with van der Waals surface area (Å²) in [4.78, 5) is 0. The average molecular weight is 143 g/mol. The van der Waals surface area contributed by atoms with Crippen molar-refractivity contribution in [2.45, 2.75) is 38.4 Å². The lowest BCUT2D eigenvalue weighted by Gasteiger charge is -2.18. The van der Waals surface area contributed by atoms with Crippen molar-refractivity contribution < 1.29 is 4.74 Å². The third-order valence-corrected chi connectivity index (χ3v) is 1.99. The minimum absolute atomic E-state index is 0.127. The highest BCUT2D eigenvalue weighted by molar-refractivity contribution is 4.81. The van der Waals surface area contributed by atoms with Crippen LogP contribution in [0.2, 0.25) is 0 Å². The van der Waals surface area contributed by atoms with E-state index in [4.69, 9.17) is 4.74 Å². The third kappa shape index (κ3) is 1.96. The van der Waals surface area contributed by atoms with Crippen molar-refractivity contribution >= 4 is 0 Å². The number of hydrogen-bond donors (Lipinski definition) is 1. The Bertz CT molecular complexity index is 112. The lowest BCUT2D eigenvalue weighted by atomic mass is 10.1. The first kappa shape index (κ1) is 8.02. The molecular formula is C8H17NO. The Hall–Kier alpha value is -0.0800. The molecule has 60 valence electrons. The topological polar surface area (TPSA) is 21.3 Å². The average Bonchev–Trinajstić information content (AvgIpc) is 2.12. The van der Waals surface area contributed by atoms with Crippen LogP contribution in [0.15, 0.2) is 0 Å². The van der Waals surface area contributed by atoms with Crippen LogP contribution in [0.25, 0.3) is 0 Å². The fourth-order valence-corrected chi connectivity index (χ4v) is 1.45. The van der Waals surface area contributed by atoms with E-state index in [-0.39, 0.29) is 5.60 Å². The Kier molecular flexibility index (Phi) is 2.32. The van der Waals surface area contributed by atoms with Gasteiger partial charge in [-0.25, -0.2) is 0 Å². The van der Waals surface area contributed by atoms with Gasteiger partial charge in [0.05, 0.1) is 11.7 Å². The van der Waals surface area contributed by atoms with Crippen molar-refractivity contribution in [1.82, 2.24) is 5.32 Å². The highest BCUT2D eigenvalue weighted by Crippen LogP contribution is 2.28. The van der Waals surface area contributed by atoms with Crippen LogP contribution in [-0.2, 0) is 4.74 Å². The van der Waals surface area contributed by atoms with Crippen LogP contribution < -0.4 is 5.32 Å². The second-order valence-electron chi connectivity index (χ2n) is 3.60. The number of rotatable bonds is 2. The number of likely N-dealkylation sites (N-methyl/N-ethyl adjacent to an activating group) is 1. The molecule has 0 spiro atoms. The van der Waals surface area contributed by atoms with Gasteiger partial charge in [0, 0.05) is 6.54 Å². The lowest BCUT2D eigenvalue weighted by molar-refractivity contribution is -0.0134. The molecule has 0 aromatic heterocycles. The maximum atomic E-state index is 5.73. The minimum Gasteiger partial charge on any atom is -0.371 e. The van der Waals surface area contributed by atoms with Gasteiger partial charge in [-0.15, -0.1) is 0 Å². The first-order valence-electron chi connectivity index (χ1n) is 3.96. The van der Waals surface area contributed by atoms with Gasteiger partial charge in [0.25, 0.3) is 0 Å². The van der Waals surface area contributed by atoms with Gasteiger partial charge in [0.1, 0.15) is 0 Å². The monoisotopic (exact) mass is 143 g/mol. The standard InChI is InChI=1S/C8H17NO/c1-8(2)5-4-7(10-8)6-9-3/h7,9H,4-6H2,1-3H3/t7-/m1/s1. The van der Waals surface area contributed by atoms with Crippen LogP contribution in [-0.4, -0.2) is 25.3 Å². The maximum Gasteiger partial charge on any atom is 0.0707 e. The van der Waals surface area contributed by atoms with Crippen molar-refractivity contribution in [3.63, 3.8) is 0 Å². The normalized spacial score (nSPS) is 30.9. The van der Waals surface area contributed by atoms with Crippen molar-refractivity contribution in [2.24, 2.45) is 0 Å². The molecule has 10 heavy (non-hydrogen) atoms. The summed E-state index contributed by atoms with van der Waals surface area (Å²) in [6.45, 7) is 5.30. The minimum atomic E-state index is 0.127. The number of ether oxygens (including phenoxy) is 1. The summed E-state index contributed by atoms with van der Waals surface area (Å²) in [6.07, 6.45) is 2.84. The van der Waals surface area contributed by atoms with Crippen molar-refractivity contribution in [3.05, 3.63) is 0 Å². The van der Waals surface area contributed by atoms with Gasteiger partial charge < -0.3 is 10.1 Å². The summed E-state index contributed by atoms with van der Waals surface area (Å²) in [6, 6.07) is 0.